The van der Waals surface area contributed by atoms with Gasteiger partial charge in [-0.2, -0.15) is 0 Å². The summed E-state index contributed by atoms with van der Waals surface area (Å²) in [6.45, 7) is 0.716. The molecule has 2 aliphatic heterocycles. The Morgan fingerprint density at radius 1 is 1.38 bits per heavy atom. The van der Waals surface area contributed by atoms with E-state index >= 15 is 0 Å². The highest BCUT2D eigenvalue weighted by Crippen LogP contribution is 2.28. The van der Waals surface area contributed by atoms with E-state index in [1.807, 2.05) is 12.2 Å². The maximum absolute atomic E-state index is 11.0. The molecule has 1 fully saturated rings. The van der Waals surface area contributed by atoms with E-state index in [4.69, 9.17) is 10.5 Å². The molecule has 5 nitrogen and oxygen atoms in total. The van der Waals surface area contributed by atoms with Crippen LogP contribution in [0.25, 0.3) is 0 Å². The monoisotopic (exact) mass is 217 g/mol. The van der Waals surface area contributed by atoms with Gasteiger partial charge in [0, 0.05) is 0 Å². The van der Waals surface area contributed by atoms with E-state index < -0.39 is 5.91 Å². The predicted octanol–water partition coefficient (Wildman–Crippen LogP) is -0.387. The van der Waals surface area contributed by atoms with Crippen LogP contribution in [0.2, 0.25) is 0 Å². The molecule has 5 heteroatoms. The zero-order valence-electron chi connectivity index (χ0n) is 8.49. The van der Waals surface area contributed by atoms with E-state index in [-0.39, 0.29) is 6.10 Å². The van der Waals surface area contributed by atoms with Crippen LogP contribution in [0.4, 0.5) is 0 Å². The Kier molecular flexibility index (Phi) is 1.80. The van der Waals surface area contributed by atoms with Gasteiger partial charge in [-0.3, -0.25) is 4.79 Å². The van der Waals surface area contributed by atoms with Crippen LogP contribution in [0.3, 0.4) is 0 Å². The Bertz CT molecular complexity index is 485. The predicted molar refractivity (Wildman–Crippen MR) is 57.5 cm³/mol. The van der Waals surface area contributed by atoms with Gasteiger partial charge in [0.15, 0.2) is 0 Å². The lowest BCUT2D eigenvalue weighted by Crippen LogP contribution is -2.23. The molecule has 0 bridgehead atoms. The highest BCUT2D eigenvalue weighted by atomic mass is 16.5. The van der Waals surface area contributed by atoms with Crippen molar-refractivity contribution < 1.29 is 9.53 Å². The van der Waals surface area contributed by atoms with Crippen molar-refractivity contribution in [2.24, 2.45) is 5.73 Å². The number of carbonyl (C=O) groups is 1. The van der Waals surface area contributed by atoms with Crippen molar-refractivity contribution >= 4 is 5.91 Å². The third-order valence-corrected chi connectivity index (χ3v) is 2.75. The molecule has 1 atom stereocenters. The molecule has 0 saturated carbocycles. The van der Waals surface area contributed by atoms with Crippen LogP contribution in [0.5, 0.6) is 0 Å². The third kappa shape index (κ3) is 1.29. The normalized spacial score (nSPS) is 25.6. The smallest absolute Gasteiger partial charge is 0.251 e. The Hall–Kier alpha value is -2.17. The van der Waals surface area contributed by atoms with Crippen LogP contribution in [0, 0.1) is 0 Å². The van der Waals surface area contributed by atoms with Crippen molar-refractivity contribution in [3.8, 4) is 0 Å². The average molecular weight is 217 g/mol. The van der Waals surface area contributed by atoms with Crippen molar-refractivity contribution in [2.75, 3.05) is 6.67 Å². The summed E-state index contributed by atoms with van der Waals surface area (Å²) in [4.78, 5) is 11.0. The fourth-order valence-electron chi connectivity index (χ4n) is 1.93. The van der Waals surface area contributed by atoms with Gasteiger partial charge < -0.3 is 21.1 Å². The lowest BCUT2D eigenvalue weighted by Gasteiger charge is -2.23. The van der Waals surface area contributed by atoms with Crippen molar-refractivity contribution in [3.63, 3.8) is 0 Å². The lowest BCUT2D eigenvalue weighted by molar-refractivity contribution is -0.114. The number of fused-ring (bicyclic) bond motifs is 2. The van der Waals surface area contributed by atoms with Gasteiger partial charge in [0.05, 0.1) is 29.9 Å². The number of hydrogen-bond acceptors (Lipinski definition) is 4. The fraction of sp³-hybridized carbons (Fsp3) is 0.182. The number of rotatable bonds is 1. The number of ether oxygens (including phenoxy) is 1. The van der Waals surface area contributed by atoms with E-state index in [2.05, 4.69) is 10.6 Å². The molecule has 1 amide bonds. The first-order chi connectivity index (χ1) is 7.74. The topological polar surface area (TPSA) is 76.4 Å². The molecule has 3 rings (SSSR count). The van der Waals surface area contributed by atoms with E-state index in [0.29, 0.717) is 12.2 Å². The minimum atomic E-state index is -0.475. The quantitative estimate of drug-likeness (QED) is 0.559. The molecule has 2 heterocycles. The number of carbonyl (C=O) groups excluding carboxylic acids is 1. The maximum Gasteiger partial charge on any atom is 0.251 e. The highest BCUT2D eigenvalue weighted by molar-refractivity contribution is 5.95. The van der Waals surface area contributed by atoms with Crippen molar-refractivity contribution in [1.82, 2.24) is 10.6 Å². The lowest BCUT2D eigenvalue weighted by atomic mass is 9.97. The second kappa shape index (κ2) is 3.16. The summed E-state index contributed by atoms with van der Waals surface area (Å²) in [5.41, 5.74) is 8.60. The molecule has 3 aliphatic rings. The number of hydrogen-bond donors (Lipinski definition) is 3. The summed E-state index contributed by atoms with van der Waals surface area (Å²) in [5, 5.41) is 6.37. The summed E-state index contributed by atoms with van der Waals surface area (Å²) < 4.78 is 5.44. The molecular formula is C11H11N3O2. The average Bonchev–Trinajstić information content (AvgIpc) is 2.71. The Balaban J connectivity index is 1.97. The van der Waals surface area contributed by atoms with Gasteiger partial charge in [0.25, 0.3) is 5.91 Å². The molecule has 16 heavy (non-hydrogen) atoms. The molecule has 82 valence electrons. The Morgan fingerprint density at radius 3 is 3.00 bits per heavy atom. The number of primary amides is 1. The van der Waals surface area contributed by atoms with E-state index in [1.54, 1.807) is 6.08 Å². The van der Waals surface area contributed by atoms with E-state index in [1.165, 1.54) is 6.26 Å². The number of nitrogens with two attached hydrogens (primary N) is 1. The fourth-order valence-corrected chi connectivity index (χ4v) is 1.93. The van der Waals surface area contributed by atoms with Gasteiger partial charge in [0.2, 0.25) is 0 Å². The highest BCUT2D eigenvalue weighted by Gasteiger charge is 2.26. The Morgan fingerprint density at radius 2 is 2.19 bits per heavy atom. The second-order valence-electron chi connectivity index (χ2n) is 3.81. The first-order valence-electron chi connectivity index (χ1n) is 5.03. The largest absolute Gasteiger partial charge is 0.488 e. The molecular weight excluding hydrogens is 206 g/mol. The first-order valence-corrected chi connectivity index (χ1v) is 5.03. The Labute approximate surface area is 92.3 Å². The molecule has 4 N–H and O–H groups in total. The van der Waals surface area contributed by atoms with Crippen LogP contribution >= 0.6 is 0 Å². The summed E-state index contributed by atoms with van der Waals surface area (Å²) in [6, 6.07) is 0. The molecule has 0 aromatic heterocycles. The number of nitrogens with one attached hydrogen (secondary N) is 2. The molecule has 0 aromatic rings. The summed E-state index contributed by atoms with van der Waals surface area (Å²) in [7, 11) is 0. The maximum atomic E-state index is 11.0. The molecule has 0 spiro atoms. The van der Waals surface area contributed by atoms with E-state index in [9.17, 15) is 4.79 Å². The molecule has 0 radical (unpaired) electrons. The summed E-state index contributed by atoms with van der Waals surface area (Å²) >= 11 is 0. The van der Waals surface area contributed by atoms with Gasteiger partial charge in [-0.05, 0) is 23.8 Å². The molecule has 1 saturated heterocycles. The molecule has 0 aromatic carbocycles. The summed E-state index contributed by atoms with van der Waals surface area (Å²) in [5.74, 6) is -0.475. The minimum absolute atomic E-state index is 0.130. The van der Waals surface area contributed by atoms with Gasteiger partial charge in [-0.1, -0.05) is 0 Å². The van der Waals surface area contributed by atoms with Crippen LogP contribution in [-0.4, -0.2) is 18.7 Å². The molecule has 1 unspecified atom stereocenters. The summed E-state index contributed by atoms with van der Waals surface area (Å²) in [6.07, 6.45) is 6.99. The van der Waals surface area contributed by atoms with Gasteiger partial charge >= 0.3 is 0 Å². The zero-order chi connectivity index (χ0) is 11.1. The number of amides is 1. The van der Waals surface area contributed by atoms with Gasteiger partial charge in [0.1, 0.15) is 6.10 Å². The second-order valence-corrected chi connectivity index (χ2v) is 3.81. The van der Waals surface area contributed by atoms with Crippen molar-refractivity contribution in [1.29, 1.82) is 0 Å². The van der Waals surface area contributed by atoms with Crippen LogP contribution in [0.15, 0.2) is 47.0 Å². The van der Waals surface area contributed by atoms with Gasteiger partial charge in [-0.15, -0.1) is 0 Å². The minimum Gasteiger partial charge on any atom is -0.488 e. The first kappa shape index (κ1) is 9.08. The van der Waals surface area contributed by atoms with Crippen molar-refractivity contribution in [3.05, 3.63) is 47.0 Å². The SMILES string of the molecule is NC(=O)C1=COC2C=C3NCNC3=CC2=C1. The van der Waals surface area contributed by atoms with Crippen LogP contribution in [-0.2, 0) is 9.53 Å². The van der Waals surface area contributed by atoms with Crippen LogP contribution < -0.4 is 16.4 Å². The van der Waals surface area contributed by atoms with E-state index in [0.717, 1.165) is 17.0 Å². The standard InChI is InChI=1S/C11H11N3O2/c12-11(15)7-1-6-2-8-9(14-5-13-8)3-10(6)16-4-7/h1-4,10,13-14H,5H2,(H2,12,15). The third-order valence-electron chi connectivity index (χ3n) is 2.75. The molecule has 1 aliphatic carbocycles. The van der Waals surface area contributed by atoms with Crippen LogP contribution in [0.1, 0.15) is 0 Å². The van der Waals surface area contributed by atoms with Gasteiger partial charge in [-0.25, -0.2) is 0 Å². The van der Waals surface area contributed by atoms with Crippen molar-refractivity contribution in [2.45, 2.75) is 6.10 Å². The zero-order valence-corrected chi connectivity index (χ0v) is 8.49.